The zero-order chi connectivity index (χ0) is 8.69. The second-order valence-electron chi connectivity index (χ2n) is 3.25. The summed E-state index contributed by atoms with van der Waals surface area (Å²) < 4.78 is 5.51. The van der Waals surface area contributed by atoms with Gasteiger partial charge in [-0.1, -0.05) is 13.3 Å². The molecule has 0 saturated carbocycles. The third-order valence-electron chi connectivity index (χ3n) is 1.60. The first kappa shape index (κ1) is 10.9. The highest BCUT2D eigenvalue weighted by molar-refractivity contribution is 4.59. The number of rotatable bonds is 6. The van der Waals surface area contributed by atoms with Crippen LogP contribution in [0.25, 0.3) is 0 Å². The fraction of sp³-hybridized carbons (Fsp3) is 1.00. The van der Waals surface area contributed by atoms with Crippen molar-refractivity contribution >= 4 is 0 Å². The summed E-state index contributed by atoms with van der Waals surface area (Å²) in [5, 5.41) is 0. The van der Waals surface area contributed by atoms with Gasteiger partial charge in [-0.05, 0) is 26.7 Å². The summed E-state index contributed by atoms with van der Waals surface area (Å²) in [5.41, 5.74) is 5.62. The van der Waals surface area contributed by atoms with Gasteiger partial charge in [-0.25, -0.2) is 0 Å². The molecule has 2 heteroatoms. The van der Waals surface area contributed by atoms with Crippen LogP contribution in [0.4, 0.5) is 0 Å². The van der Waals surface area contributed by atoms with E-state index in [1.165, 1.54) is 6.42 Å². The van der Waals surface area contributed by atoms with Crippen LogP contribution in [0.15, 0.2) is 0 Å². The Bertz CT molecular complexity index is 83.6. The highest BCUT2D eigenvalue weighted by atomic mass is 16.5. The highest BCUT2D eigenvalue weighted by Crippen LogP contribution is 2.01. The standard InChI is InChI=1S/C9H21NO/c1-4-5-6-11-9(3)7-8(2)10/h8-9H,4-7,10H2,1-3H3. The van der Waals surface area contributed by atoms with Crippen LogP contribution < -0.4 is 5.73 Å². The minimum absolute atomic E-state index is 0.256. The van der Waals surface area contributed by atoms with Gasteiger partial charge in [0.05, 0.1) is 6.10 Å². The SMILES string of the molecule is CCCCOC(C)CC(C)N. The number of ether oxygens (including phenoxy) is 1. The smallest absolute Gasteiger partial charge is 0.0561 e. The first-order valence-corrected chi connectivity index (χ1v) is 4.54. The van der Waals surface area contributed by atoms with Crippen molar-refractivity contribution in [3.63, 3.8) is 0 Å². The Balaban J connectivity index is 3.15. The molecule has 68 valence electrons. The minimum Gasteiger partial charge on any atom is -0.378 e. The average molecular weight is 159 g/mol. The molecule has 0 aromatic rings. The summed E-state index contributed by atoms with van der Waals surface area (Å²) in [5.74, 6) is 0. The fourth-order valence-electron chi connectivity index (χ4n) is 1.02. The van der Waals surface area contributed by atoms with Crippen molar-refractivity contribution in [2.45, 2.75) is 52.2 Å². The molecule has 2 nitrogen and oxygen atoms in total. The molecule has 2 unspecified atom stereocenters. The summed E-state index contributed by atoms with van der Waals surface area (Å²) >= 11 is 0. The molecule has 0 aliphatic heterocycles. The molecule has 0 rings (SSSR count). The molecule has 0 spiro atoms. The van der Waals surface area contributed by atoms with Crippen molar-refractivity contribution in [2.75, 3.05) is 6.61 Å². The molecule has 0 aromatic carbocycles. The highest BCUT2D eigenvalue weighted by Gasteiger charge is 2.03. The Morgan fingerprint density at radius 2 is 2.00 bits per heavy atom. The second kappa shape index (κ2) is 6.62. The molecule has 0 saturated heterocycles. The van der Waals surface area contributed by atoms with Crippen molar-refractivity contribution < 1.29 is 4.74 Å². The van der Waals surface area contributed by atoms with Crippen molar-refractivity contribution in [2.24, 2.45) is 5.73 Å². The topological polar surface area (TPSA) is 35.2 Å². The Morgan fingerprint density at radius 3 is 2.45 bits per heavy atom. The number of hydrogen-bond acceptors (Lipinski definition) is 2. The number of nitrogens with two attached hydrogens (primary N) is 1. The van der Waals surface area contributed by atoms with E-state index in [1.54, 1.807) is 0 Å². The van der Waals surface area contributed by atoms with Crippen LogP contribution in [-0.2, 0) is 4.74 Å². The molecule has 0 aromatic heterocycles. The van der Waals surface area contributed by atoms with Crippen LogP contribution in [0.1, 0.15) is 40.0 Å². The van der Waals surface area contributed by atoms with E-state index in [1.807, 2.05) is 6.92 Å². The first-order chi connectivity index (χ1) is 5.16. The van der Waals surface area contributed by atoms with E-state index in [9.17, 15) is 0 Å². The minimum atomic E-state index is 0.256. The third-order valence-corrected chi connectivity index (χ3v) is 1.60. The largest absolute Gasteiger partial charge is 0.378 e. The van der Waals surface area contributed by atoms with Crippen molar-refractivity contribution in [1.29, 1.82) is 0 Å². The van der Waals surface area contributed by atoms with Crippen LogP contribution >= 0.6 is 0 Å². The zero-order valence-electron chi connectivity index (χ0n) is 7.97. The van der Waals surface area contributed by atoms with E-state index in [0.29, 0.717) is 6.10 Å². The van der Waals surface area contributed by atoms with Crippen LogP contribution in [0, 0.1) is 0 Å². The molecule has 11 heavy (non-hydrogen) atoms. The molecular weight excluding hydrogens is 138 g/mol. The van der Waals surface area contributed by atoms with Crippen LogP contribution in [0.3, 0.4) is 0 Å². The predicted molar refractivity (Wildman–Crippen MR) is 48.6 cm³/mol. The van der Waals surface area contributed by atoms with E-state index < -0.39 is 0 Å². The normalized spacial score (nSPS) is 16.4. The summed E-state index contributed by atoms with van der Waals surface area (Å²) in [6.07, 6.45) is 3.64. The van der Waals surface area contributed by atoms with Crippen molar-refractivity contribution in [1.82, 2.24) is 0 Å². The van der Waals surface area contributed by atoms with Gasteiger partial charge >= 0.3 is 0 Å². The van der Waals surface area contributed by atoms with Gasteiger partial charge in [0, 0.05) is 12.6 Å². The Kier molecular flexibility index (Phi) is 6.57. The quantitative estimate of drug-likeness (QED) is 0.601. The Labute approximate surface area is 70.1 Å². The van der Waals surface area contributed by atoms with E-state index in [-0.39, 0.29) is 6.04 Å². The number of hydrogen-bond donors (Lipinski definition) is 1. The fourth-order valence-corrected chi connectivity index (χ4v) is 1.02. The first-order valence-electron chi connectivity index (χ1n) is 4.54. The lowest BCUT2D eigenvalue weighted by Crippen LogP contribution is -2.23. The van der Waals surface area contributed by atoms with Gasteiger partial charge in [0.2, 0.25) is 0 Å². The molecular formula is C9H21NO. The molecule has 0 amide bonds. The molecule has 0 radical (unpaired) electrons. The lowest BCUT2D eigenvalue weighted by molar-refractivity contribution is 0.0550. The van der Waals surface area contributed by atoms with Gasteiger partial charge in [-0.15, -0.1) is 0 Å². The molecule has 0 bridgehead atoms. The van der Waals surface area contributed by atoms with E-state index >= 15 is 0 Å². The van der Waals surface area contributed by atoms with Crippen molar-refractivity contribution in [3.05, 3.63) is 0 Å². The lowest BCUT2D eigenvalue weighted by Gasteiger charge is -2.14. The maximum absolute atomic E-state index is 5.62. The van der Waals surface area contributed by atoms with E-state index in [4.69, 9.17) is 10.5 Å². The molecule has 2 atom stereocenters. The Hall–Kier alpha value is -0.0800. The van der Waals surface area contributed by atoms with Gasteiger partial charge < -0.3 is 10.5 Å². The summed E-state index contributed by atoms with van der Waals surface area (Å²) in [7, 11) is 0. The van der Waals surface area contributed by atoms with Gasteiger partial charge in [-0.2, -0.15) is 0 Å². The monoisotopic (exact) mass is 159 g/mol. The molecule has 0 fully saturated rings. The molecule has 0 heterocycles. The van der Waals surface area contributed by atoms with Gasteiger partial charge in [0.1, 0.15) is 0 Å². The summed E-state index contributed by atoms with van der Waals surface area (Å²) in [4.78, 5) is 0. The maximum atomic E-state index is 5.62. The van der Waals surface area contributed by atoms with Gasteiger partial charge in [0.15, 0.2) is 0 Å². The number of unbranched alkanes of at least 4 members (excludes halogenated alkanes) is 1. The summed E-state index contributed by atoms with van der Waals surface area (Å²) in [6, 6.07) is 0.256. The average Bonchev–Trinajstić information content (AvgIpc) is 1.86. The van der Waals surface area contributed by atoms with Gasteiger partial charge in [-0.3, -0.25) is 0 Å². The third kappa shape index (κ3) is 7.82. The lowest BCUT2D eigenvalue weighted by atomic mass is 10.2. The molecule has 2 N–H and O–H groups in total. The maximum Gasteiger partial charge on any atom is 0.0561 e. The van der Waals surface area contributed by atoms with E-state index in [0.717, 1.165) is 19.4 Å². The second-order valence-corrected chi connectivity index (χ2v) is 3.25. The predicted octanol–water partition coefficient (Wildman–Crippen LogP) is 1.93. The van der Waals surface area contributed by atoms with Gasteiger partial charge in [0.25, 0.3) is 0 Å². The van der Waals surface area contributed by atoms with Crippen LogP contribution in [0.5, 0.6) is 0 Å². The van der Waals surface area contributed by atoms with Crippen molar-refractivity contribution in [3.8, 4) is 0 Å². The molecule has 0 aliphatic carbocycles. The van der Waals surface area contributed by atoms with Crippen LogP contribution in [0.2, 0.25) is 0 Å². The summed E-state index contributed by atoms with van der Waals surface area (Å²) in [6.45, 7) is 7.14. The zero-order valence-corrected chi connectivity index (χ0v) is 7.97. The Morgan fingerprint density at radius 1 is 1.36 bits per heavy atom. The van der Waals surface area contributed by atoms with Crippen LogP contribution in [-0.4, -0.2) is 18.8 Å². The molecule has 0 aliphatic rings. The van der Waals surface area contributed by atoms with E-state index in [2.05, 4.69) is 13.8 Å².